The van der Waals surface area contributed by atoms with Crippen molar-refractivity contribution >= 4 is 17.7 Å². The molecular formula is C12H24N2OS. The molecule has 0 heterocycles. The Hall–Kier alpha value is -0.220. The molecule has 0 spiro atoms. The van der Waals surface area contributed by atoms with Crippen LogP contribution in [0.5, 0.6) is 0 Å². The van der Waals surface area contributed by atoms with E-state index in [2.05, 4.69) is 12.2 Å². The molecule has 0 aromatic rings. The van der Waals surface area contributed by atoms with E-state index in [-0.39, 0.29) is 11.9 Å². The van der Waals surface area contributed by atoms with Crippen LogP contribution in [0.3, 0.4) is 0 Å². The first-order valence-corrected chi connectivity index (χ1v) is 7.55. The van der Waals surface area contributed by atoms with Crippen LogP contribution >= 0.6 is 11.8 Å². The van der Waals surface area contributed by atoms with Crippen molar-refractivity contribution in [2.24, 2.45) is 17.6 Å². The maximum absolute atomic E-state index is 11.6. The summed E-state index contributed by atoms with van der Waals surface area (Å²) in [5.41, 5.74) is 5.79. The third kappa shape index (κ3) is 4.74. The largest absolute Gasteiger partial charge is 0.354 e. The molecule has 3 nitrogen and oxygen atoms in total. The summed E-state index contributed by atoms with van der Waals surface area (Å²) in [6, 6.07) is -0.328. The number of carbonyl (C=O) groups excluding carboxylic acids is 1. The highest BCUT2D eigenvalue weighted by Gasteiger charge is 2.22. The van der Waals surface area contributed by atoms with Crippen molar-refractivity contribution in [2.45, 2.75) is 38.6 Å². The first kappa shape index (κ1) is 13.8. The van der Waals surface area contributed by atoms with Crippen LogP contribution in [0.1, 0.15) is 32.6 Å². The van der Waals surface area contributed by atoms with E-state index in [0.29, 0.717) is 5.92 Å². The van der Waals surface area contributed by atoms with E-state index in [4.69, 9.17) is 5.73 Å². The van der Waals surface area contributed by atoms with Crippen LogP contribution in [0.2, 0.25) is 0 Å². The number of hydrogen-bond acceptors (Lipinski definition) is 3. The molecule has 1 aliphatic rings. The van der Waals surface area contributed by atoms with Gasteiger partial charge in [-0.25, -0.2) is 0 Å². The molecular weight excluding hydrogens is 220 g/mol. The van der Waals surface area contributed by atoms with E-state index < -0.39 is 0 Å². The third-order valence-electron chi connectivity index (χ3n) is 3.34. The van der Waals surface area contributed by atoms with Crippen molar-refractivity contribution in [1.82, 2.24) is 5.32 Å². The lowest BCUT2D eigenvalue weighted by Gasteiger charge is -2.14. The zero-order valence-electron chi connectivity index (χ0n) is 10.4. The Labute approximate surface area is 103 Å². The third-order valence-corrected chi connectivity index (χ3v) is 3.98. The van der Waals surface area contributed by atoms with E-state index in [1.54, 1.807) is 11.8 Å². The first-order chi connectivity index (χ1) is 7.63. The number of rotatable bonds is 6. The smallest absolute Gasteiger partial charge is 0.236 e. The molecule has 4 heteroatoms. The van der Waals surface area contributed by atoms with Gasteiger partial charge in [-0.15, -0.1) is 0 Å². The number of carbonyl (C=O) groups is 1. The minimum Gasteiger partial charge on any atom is -0.354 e. The predicted molar refractivity (Wildman–Crippen MR) is 70.5 cm³/mol. The van der Waals surface area contributed by atoms with E-state index in [1.165, 1.54) is 19.3 Å². The number of nitrogens with two attached hydrogens (primary N) is 1. The second kappa shape index (κ2) is 7.17. The highest BCUT2D eigenvalue weighted by atomic mass is 32.2. The van der Waals surface area contributed by atoms with Gasteiger partial charge in [-0.05, 0) is 43.1 Å². The fourth-order valence-corrected chi connectivity index (χ4v) is 2.75. The lowest BCUT2D eigenvalue weighted by Crippen LogP contribution is -2.42. The molecule has 0 saturated heterocycles. The molecule has 1 rings (SSSR count). The molecule has 2 unspecified atom stereocenters. The average molecular weight is 244 g/mol. The van der Waals surface area contributed by atoms with Gasteiger partial charge in [-0.1, -0.05) is 13.3 Å². The first-order valence-electron chi connectivity index (χ1n) is 6.15. The fraction of sp³-hybridized carbons (Fsp3) is 0.917. The summed E-state index contributed by atoms with van der Waals surface area (Å²) in [5, 5.41) is 2.98. The van der Waals surface area contributed by atoms with Crippen molar-refractivity contribution in [2.75, 3.05) is 18.6 Å². The van der Waals surface area contributed by atoms with E-state index >= 15 is 0 Å². The van der Waals surface area contributed by atoms with Gasteiger partial charge in [0.15, 0.2) is 0 Å². The molecule has 0 aromatic heterocycles. The zero-order chi connectivity index (χ0) is 12.0. The van der Waals surface area contributed by atoms with E-state index in [1.807, 2.05) is 6.26 Å². The van der Waals surface area contributed by atoms with E-state index in [0.717, 1.165) is 24.6 Å². The molecule has 16 heavy (non-hydrogen) atoms. The van der Waals surface area contributed by atoms with Gasteiger partial charge in [0.1, 0.15) is 0 Å². The molecule has 1 amide bonds. The minimum absolute atomic E-state index is 0.0219. The van der Waals surface area contributed by atoms with Gasteiger partial charge in [0, 0.05) is 6.54 Å². The zero-order valence-corrected chi connectivity index (χ0v) is 11.2. The lowest BCUT2D eigenvalue weighted by atomic mass is 10.1. The minimum atomic E-state index is -0.328. The normalized spacial score (nSPS) is 26.7. The maximum atomic E-state index is 11.6. The highest BCUT2D eigenvalue weighted by Crippen LogP contribution is 2.29. The molecule has 1 fully saturated rings. The average Bonchev–Trinajstić information content (AvgIpc) is 2.68. The fourth-order valence-electron chi connectivity index (χ4n) is 2.26. The van der Waals surface area contributed by atoms with E-state index in [9.17, 15) is 4.79 Å². The lowest BCUT2D eigenvalue weighted by molar-refractivity contribution is -0.122. The van der Waals surface area contributed by atoms with Gasteiger partial charge in [0.05, 0.1) is 6.04 Å². The summed E-state index contributed by atoms with van der Waals surface area (Å²) < 4.78 is 0. The molecule has 1 saturated carbocycles. The van der Waals surface area contributed by atoms with Crippen molar-refractivity contribution in [3.8, 4) is 0 Å². The second-order valence-corrected chi connectivity index (χ2v) is 5.90. The molecule has 94 valence electrons. The van der Waals surface area contributed by atoms with Crippen LogP contribution < -0.4 is 11.1 Å². The van der Waals surface area contributed by atoms with Gasteiger partial charge in [-0.2, -0.15) is 11.8 Å². The van der Waals surface area contributed by atoms with Crippen LogP contribution in [0.15, 0.2) is 0 Å². The number of amides is 1. The highest BCUT2D eigenvalue weighted by molar-refractivity contribution is 7.98. The Morgan fingerprint density at radius 2 is 2.31 bits per heavy atom. The Bertz CT molecular complexity index is 223. The quantitative estimate of drug-likeness (QED) is 0.746. The summed E-state index contributed by atoms with van der Waals surface area (Å²) in [6.45, 7) is 3.10. The van der Waals surface area contributed by atoms with Crippen LogP contribution in [-0.4, -0.2) is 30.5 Å². The number of hydrogen-bond donors (Lipinski definition) is 2. The Kier molecular flexibility index (Phi) is 6.21. The summed E-state index contributed by atoms with van der Waals surface area (Å²) in [5.74, 6) is 2.47. The molecule has 3 N–H and O–H groups in total. The summed E-state index contributed by atoms with van der Waals surface area (Å²) in [4.78, 5) is 11.6. The predicted octanol–water partition coefficient (Wildman–Crippen LogP) is 1.62. The Balaban J connectivity index is 2.14. The van der Waals surface area contributed by atoms with Gasteiger partial charge >= 0.3 is 0 Å². The van der Waals surface area contributed by atoms with Crippen LogP contribution in [-0.2, 0) is 4.79 Å². The van der Waals surface area contributed by atoms with Crippen molar-refractivity contribution in [3.63, 3.8) is 0 Å². The van der Waals surface area contributed by atoms with Gasteiger partial charge in [0.2, 0.25) is 5.91 Å². The molecule has 0 aliphatic heterocycles. The van der Waals surface area contributed by atoms with Gasteiger partial charge in [0.25, 0.3) is 0 Å². The van der Waals surface area contributed by atoms with Crippen LogP contribution in [0, 0.1) is 11.8 Å². The summed E-state index contributed by atoms with van der Waals surface area (Å²) in [6.07, 6.45) is 6.61. The molecule has 0 bridgehead atoms. The maximum Gasteiger partial charge on any atom is 0.236 e. The SMILES string of the molecule is CSCC[C@@H](N)C(=O)NCC1CCC(C)C1. The van der Waals surface area contributed by atoms with Gasteiger partial charge < -0.3 is 11.1 Å². The molecule has 0 radical (unpaired) electrons. The standard InChI is InChI=1S/C12H24N2OS/c1-9-3-4-10(7-9)8-14-12(15)11(13)5-6-16-2/h9-11H,3-8,13H2,1-2H3,(H,14,15)/t9?,10?,11-/m1/s1. The summed E-state index contributed by atoms with van der Waals surface area (Å²) in [7, 11) is 0. The molecule has 0 aromatic carbocycles. The second-order valence-electron chi connectivity index (χ2n) is 4.92. The van der Waals surface area contributed by atoms with Crippen molar-refractivity contribution < 1.29 is 4.79 Å². The van der Waals surface area contributed by atoms with Crippen molar-refractivity contribution in [1.29, 1.82) is 0 Å². The molecule has 1 aliphatic carbocycles. The van der Waals surface area contributed by atoms with Gasteiger partial charge in [-0.3, -0.25) is 4.79 Å². The topological polar surface area (TPSA) is 55.1 Å². The monoisotopic (exact) mass is 244 g/mol. The van der Waals surface area contributed by atoms with Crippen LogP contribution in [0.4, 0.5) is 0 Å². The van der Waals surface area contributed by atoms with Crippen LogP contribution in [0.25, 0.3) is 0 Å². The molecule has 3 atom stereocenters. The summed E-state index contributed by atoms with van der Waals surface area (Å²) >= 11 is 1.73. The Morgan fingerprint density at radius 1 is 1.56 bits per heavy atom. The number of nitrogens with one attached hydrogen (secondary N) is 1. The Morgan fingerprint density at radius 3 is 2.88 bits per heavy atom. The number of thioether (sulfide) groups is 1. The van der Waals surface area contributed by atoms with Crippen molar-refractivity contribution in [3.05, 3.63) is 0 Å².